The molecular formula is C14H14BrN5O2. The SMILES string of the molecule is COc1ccc(Br)cc1[C@H]1C(C(N)=O)=C(C)Nc2ncnn21. The first-order valence-electron chi connectivity index (χ1n) is 6.53. The third kappa shape index (κ3) is 2.25. The van der Waals surface area contributed by atoms with Gasteiger partial charge in [0.25, 0.3) is 0 Å². The van der Waals surface area contributed by atoms with E-state index in [1.54, 1.807) is 18.7 Å². The van der Waals surface area contributed by atoms with Crippen LogP contribution in [-0.2, 0) is 4.79 Å². The van der Waals surface area contributed by atoms with Crippen LogP contribution in [0.4, 0.5) is 5.95 Å². The zero-order valence-corrected chi connectivity index (χ0v) is 13.6. The lowest BCUT2D eigenvalue weighted by atomic mass is 9.94. The van der Waals surface area contributed by atoms with Crippen molar-refractivity contribution in [2.75, 3.05) is 12.4 Å². The van der Waals surface area contributed by atoms with Gasteiger partial charge in [0.2, 0.25) is 11.9 Å². The number of amides is 1. The van der Waals surface area contributed by atoms with Crippen molar-refractivity contribution in [1.82, 2.24) is 14.8 Å². The average Bonchev–Trinajstić information content (AvgIpc) is 2.93. The van der Waals surface area contributed by atoms with Gasteiger partial charge in [0.05, 0.1) is 12.7 Å². The molecule has 1 amide bonds. The summed E-state index contributed by atoms with van der Waals surface area (Å²) >= 11 is 3.45. The first-order valence-corrected chi connectivity index (χ1v) is 7.32. The summed E-state index contributed by atoms with van der Waals surface area (Å²) in [7, 11) is 1.58. The van der Waals surface area contributed by atoms with Crippen molar-refractivity contribution in [3.8, 4) is 5.75 Å². The first-order chi connectivity index (χ1) is 10.5. The molecule has 3 N–H and O–H groups in total. The molecule has 0 aliphatic carbocycles. The third-order valence-electron chi connectivity index (χ3n) is 3.55. The number of nitrogens with one attached hydrogen (secondary N) is 1. The van der Waals surface area contributed by atoms with Gasteiger partial charge in [-0.1, -0.05) is 15.9 Å². The van der Waals surface area contributed by atoms with E-state index in [2.05, 4.69) is 31.3 Å². The van der Waals surface area contributed by atoms with Crippen molar-refractivity contribution in [2.45, 2.75) is 13.0 Å². The molecule has 3 rings (SSSR count). The number of fused-ring (bicyclic) bond motifs is 1. The van der Waals surface area contributed by atoms with Crippen LogP contribution in [0.2, 0.25) is 0 Å². The van der Waals surface area contributed by atoms with Crippen LogP contribution in [0.15, 0.2) is 40.3 Å². The highest BCUT2D eigenvalue weighted by molar-refractivity contribution is 9.10. The number of methoxy groups -OCH3 is 1. The molecule has 0 saturated carbocycles. The lowest BCUT2D eigenvalue weighted by Crippen LogP contribution is -2.32. The zero-order valence-electron chi connectivity index (χ0n) is 12.0. The third-order valence-corrected chi connectivity index (χ3v) is 4.04. The highest BCUT2D eigenvalue weighted by Crippen LogP contribution is 2.39. The minimum Gasteiger partial charge on any atom is -0.496 e. The molecule has 0 fully saturated rings. The van der Waals surface area contributed by atoms with E-state index in [4.69, 9.17) is 10.5 Å². The van der Waals surface area contributed by atoms with Crippen LogP contribution in [0.5, 0.6) is 5.75 Å². The molecule has 7 nitrogen and oxygen atoms in total. The molecule has 22 heavy (non-hydrogen) atoms. The number of nitrogens with zero attached hydrogens (tertiary/aromatic N) is 3. The van der Waals surface area contributed by atoms with Crippen LogP contribution in [0.1, 0.15) is 18.5 Å². The molecule has 1 aromatic carbocycles. The number of hydrogen-bond donors (Lipinski definition) is 2. The number of primary amides is 1. The van der Waals surface area contributed by atoms with Gasteiger partial charge >= 0.3 is 0 Å². The smallest absolute Gasteiger partial charge is 0.248 e. The fourth-order valence-electron chi connectivity index (χ4n) is 2.62. The summed E-state index contributed by atoms with van der Waals surface area (Å²) in [6.07, 6.45) is 1.43. The number of aromatic nitrogens is 3. The van der Waals surface area contributed by atoms with Gasteiger partial charge in [-0.05, 0) is 25.1 Å². The van der Waals surface area contributed by atoms with Crippen molar-refractivity contribution in [3.63, 3.8) is 0 Å². The standard InChI is InChI=1S/C14H14BrN5O2/c1-7-11(13(16)21)12(20-14(19-7)17-6-18-20)9-5-8(15)3-4-10(9)22-2/h3-6,12H,1-2H3,(H2,16,21)(H,17,18,19)/t12-/m0/s1. The van der Waals surface area contributed by atoms with Gasteiger partial charge in [0.1, 0.15) is 18.1 Å². The van der Waals surface area contributed by atoms with Gasteiger partial charge in [-0.15, -0.1) is 0 Å². The Kier molecular flexibility index (Phi) is 3.61. The van der Waals surface area contributed by atoms with E-state index in [9.17, 15) is 4.79 Å². The Morgan fingerprint density at radius 1 is 1.50 bits per heavy atom. The van der Waals surface area contributed by atoms with E-state index in [0.29, 0.717) is 23.0 Å². The predicted molar refractivity (Wildman–Crippen MR) is 84.4 cm³/mol. The number of halogens is 1. The number of allylic oxidation sites excluding steroid dienone is 1. The van der Waals surface area contributed by atoms with Gasteiger partial charge in [0.15, 0.2) is 0 Å². The average molecular weight is 364 g/mol. The summed E-state index contributed by atoms with van der Waals surface area (Å²) in [5.74, 6) is 0.677. The first kappa shape index (κ1) is 14.6. The number of benzene rings is 1. The number of hydrogen-bond acceptors (Lipinski definition) is 5. The number of carbonyl (C=O) groups is 1. The molecule has 1 atom stereocenters. The van der Waals surface area contributed by atoms with Crippen molar-refractivity contribution in [1.29, 1.82) is 0 Å². The van der Waals surface area contributed by atoms with E-state index < -0.39 is 11.9 Å². The summed E-state index contributed by atoms with van der Waals surface area (Å²) in [4.78, 5) is 16.1. The quantitative estimate of drug-likeness (QED) is 0.867. The summed E-state index contributed by atoms with van der Waals surface area (Å²) in [5, 5.41) is 7.26. The molecule has 0 radical (unpaired) electrons. The van der Waals surface area contributed by atoms with Gasteiger partial charge in [0, 0.05) is 15.7 Å². The highest BCUT2D eigenvalue weighted by Gasteiger charge is 2.34. The van der Waals surface area contributed by atoms with Gasteiger partial charge in [-0.3, -0.25) is 4.79 Å². The lowest BCUT2D eigenvalue weighted by Gasteiger charge is -2.28. The minimum absolute atomic E-state index is 0.425. The molecule has 0 bridgehead atoms. The minimum atomic E-state index is -0.516. The number of carbonyl (C=O) groups excluding carboxylic acids is 1. The van der Waals surface area contributed by atoms with Crippen LogP contribution >= 0.6 is 15.9 Å². The highest BCUT2D eigenvalue weighted by atomic mass is 79.9. The topological polar surface area (TPSA) is 95.1 Å². The maximum atomic E-state index is 12.0. The van der Waals surface area contributed by atoms with E-state index in [-0.39, 0.29) is 0 Å². The number of nitrogens with two attached hydrogens (primary N) is 1. The molecule has 1 aromatic heterocycles. The Bertz CT molecular complexity index is 783. The maximum Gasteiger partial charge on any atom is 0.248 e. The van der Waals surface area contributed by atoms with Crippen molar-refractivity contribution in [3.05, 3.63) is 45.8 Å². The molecule has 2 aromatic rings. The molecule has 2 heterocycles. The molecule has 0 spiro atoms. The fourth-order valence-corrected chi connectivity index (χ4v) is 3.00. The summed E-state index contributed by atoms with van der Waals surface area (Å²) < 4.78 is 7.92. The van der Waals surface area contributed by atoms with E-state index in [1.807, 2.05) is 18.2 Å². The van der Waals surface area contributed by atoms with Gasteiger partial charge in [-0.2, -0.15) is 10.1 Å². The fraction of sp³-hybridized carbons (Fsp3) is 0.214. The molecule has 1 aliphatic rings. The van der Waals surface area contributed by atoms with Crippen LogP contribution in [-0.4, -0.2) is 27.8 Å². The van der Waals surface area contributed by atoms with Crippen LogP contribution in [0.3, 0.4) is 0 Å². The molecule has 1 aliphatic heterocycles. The Labute approximate surface area is 135 Å². The van der Waals surface area contributed by atoms with E-state index >= 15 is 0 Å². The second kappa shape index (κ2) is 5.45. The second-order valence-electron chi connectivity index (χ2n) is 4.84. The summed E-state index contributed by atoms with van der Waals surface area (Å²) in [6.45, 7) is 1.79. The molecule has 0 saturated heterocycles. The monoisotopic (exact) mass is 363 g/mol. The maximum absolute atomic E-state index is 12.0. The lowest BCUT2D eigenvalue weighted by molar-refractivity contribution is -0.115. The molecule has 114 valence electrons. The van der Waals surface area contributed by atoms with Crippen molar-refractivity contribution < 1.29 is 9.53 Å². The van der Waals surface area contributed by atoms with Crippen LogP contribution in [0, 0.1) is 0 Å². The van der Waals surface area contributed by atoms with Gasteiger partial charge in [-0.25, -0.2) is 4.68 Å². The summed E-state index contributed by atoms with van der Waals surface area (Å²) in [5.41, 5.74) is 7.44. The summed E-state index contributed by atoms with van der Waals surface area (Å²) in [6, 6.07) is 5.08. The number of ether oxygens (including phenoxy) is 1. The predicted octanol–water partition coefficient (Wildman–Crippen LogP) is 1.82. The Hall–Kier alpha value is -2.35. The Balaban J connectivity index is 2.27. The molecular weight excluding hydrogens is 350 g/mol. The van der Waals surface area contributed by atoms with Crippen molar-refractivity contribution in [2.24, 2.45) is 5.73 Å². The van der Waals surface area contributed by atoms with E-state index in [1.165, 1.54) is 6.33 Å². The second-order valence-corrected chi connectivity index (χ2v) is 5.76. The number of rotatable bonds is 3. The van der Waals surface area contributed by atoms with E-state index in [0.717, 1.165) is 10.0 Å². The largest absolute Gasteiger partial charge is 0.496 e. The van der Waals surface area contributed by atoms with Crippen LogP contribution < -0.4 is 15.8 Å². The Morgan fingerprint density at radius 2 is 2.27 bits per heavy atom. The number of anilines is 1. The molecule has 8 heteroatoms. The normalized spacial score (nSPS) is 17.0. The zero-order chi connectivity index (χ0) is 15.9. The van der Waals surface area contributed by atoms with Crippen molar-refractivity contribution >= 4 is 27.8 Å². The van der Waals surface area contributed by atoms with Crippen LogP contribution in [0.25, 0.3) is 0 Å². The molecule has 0 unspecified atom stereocenters. The van der Waals surface area contributed by atoms with Gasteiger partial charge < -0.3 is 15.8 Å². The Morgan fingerprint density at radius 3 is 2.95 bits per heavy atom.